The summed E-state index contributed by atoms with van der Waals surface area (Å²) in [5.74, 6) is 0.0268. The molecular formula is C36H31N5O7S2. The standard InChI is InChI=1S/C36H31N5O7S2/c1-5-47-34(44)30-31(23-9-7-6-8-10-23)39-36-40(32(30)24-12-14-25(15-13-24)48-20(2)3)33(43)28(50-36)19-22-11-16-27(26(18-22)41(45)46)49-35-37-21(4)17-29(42)38-35/h6-20,32H,5H2,1-4H3,(H,37,38,42)/b28-19-/t32-/m0/s1. The Morgan fingerprint density at radius 3 is 2.50 bits per heavy atom. The van der Waals surface area contributed by atoms with E-state index in [4.69, 9.17) is 14.5 Å². The lowest BCUT2D eigenvalue weighted by Crippen LogP contribution is -2.40. The number of ether oxygens (including phenoxy) is 2. The smallest absolute Gasteiger partial charge is 0.338 e. The van der Waals surface area contributed by atoms with Crippen LogP contribution in [-0.4, -0.2) is 38.1 Å². The SMILES string of the molecule is CCOC(=O)C1=C(c2ccccc2)N=c2s/c(=C\c3ccc(Sc4nc(C)cc(=O)[nH]4)c([N+](=O)[O-])c3)c(=O)n2[C@H]1c1ccc(OC(C)C)cc1. The van der Waals surface area contributed by atoms with Gasteiger partial charge in [0.1, 0.15) is 5.75 Å². The van der Waals surface area contributed by atoms with Gasteiger partial charge in [-0.15, -0.1) is 0 Å². The number of nitrogens with zero attached hydrogens (tertiary/aromatic N) is 4. The summed E-state index contributed by atoms with van der Waals surface area (Å²) in [4.78, 5) is 63.8. The summed E-state index contributed by atoms with van der Waals surface area (Å²) in [6.07, 6.45) is 1.51. The molecule has 3 aromatic carbocycles. The maximum atomic E-state index is 14.3. The number of carbonyl (C=O) groups excluding carboxylic acids is 1. The van der Waals surface area contributed by atoms with Crippen LogP contribution in [0, 0.1) is 17.0 Å². The molecule has 2 aromatic heterocycles. The zero-order chi connectivity index (χ0) is 35.5. The van der Waals surface area contributed by atoms with Gasteiger partial charge in [0.25, 0.3) is 16.8 Å². The molecule has 50 heavy (non-hydrogen) atoms. The van der Waals surface area contributed by atoms with E-state index in [9.17, 15) is 24.5 Å². The largest absolute Gasteiger partial charge is 0.491 e. The van der Waals surface area contributed by atoms with Crippen LogP contribution in [0.3, 0.4) is 0 Å². The van der Waals surface area contributed by atoms with Crippen LogP contribution in [0.5, 0.6) is 5.75 Å². The summed E-state index contributed by atoms with van der Waals surface area (Å²) in [6.45, 7) is 7.33. The number of carbonyl (C=O) groups is 1. The Labute approximate surface area is 293 Å². The van der Waals surface area contributed by atoms with Crippen molar-refractivity contribution < 1.29 is 19.2 Å². The van der Waals surface area contributed by atoms with Crippen molar-refractivity contribution in [2.45, 2.75) is 49.9 Å². The number of thiazole rings is 1. The number of fused-ring (bicyclic) bond motifs is 1. The van der Waals surface area contributed by atoms with Gasteiger partial charge in [0.15, 0.2) is 9.96 Å². The number of hydrogen-bond donors (Lipinski definition) is 1. The number of benzene rings is 3. The number of aromatic nitrogens is 3. The van der Waals surface area contributed by atoms with Crippen molar-refractivity contribution in [1.29, 1.82) is 0 Å². The summed E-state index contributed by atoms with van der Waals surface area (Å²) < 4.78 is 13.1. The number of hydrogen-bond acceptors (Lipinski definition) is 11. The summed E-state index contributed by atoms with van der Waals surface area (Å²) >= 11 is 2.07. The molecule has 0 saturated heterocycles. The molecule has 0 fully saturated rings. The number of esters is 1. The van der Waals surface area contributed by atoms with Crippen LogP contribution in [0.25, 0.3) is 11.8 Å². The molecule has 14 heteroatoms. The number of H-pyrrole nitrogens is 1. The molecule has 1 aliphatic heterocycles. The molecule has 0 aliphatic carbocycles. The quantitative estimate of drug-likeness (QED) is 0.0893. The molecule has 0 unspecified atom stereocenters. The highest BCUT2D eigenvalue weighted by Gasteiger charge is 2.35. The number of aromatic amines is 1. The monoisotopic (exact) mass is 709 g/mol. The van der Waals surface area contributed by atoms with Gasteiger partial charge in [-0.2, -0.15) is 0 Å². The molecule has 0 spiro atoms. The first-order valence-electron chi connectivity index (χ1n) is 15.6. The van der Waals surface area contributed by atoms with Crippen molar-refractivity contribution in [3.05, 3.63) is 147 Å². The predicted molar refractivity (Wildman–Crippen MR) is 190 cm³/mol. The zero-order valence-electron chi connectivity index (χ0n) is 27.4. The lowest BCUT2D eigenvalue weighted by Gasteiger charge is -2.26. The highest BCUT2D eigenvalue weighted by atomic mass is 32.2. The second-order valence-corrected chi connectivity index (χ2v) is 13.5. The molecule has 0 saturated carbocycles. The van der Waals surface area contributed by atoms with E-state index in [2.05, 4.69) is 9.97 Å². The second-order valence-electron chi connectivity index (χ2n) is 11.4. The maximum Gasteiger partial charge on any atom is 0.338 e. The number of nitrogens with one attached hydrogen (secondary N) is 1. The fraction of sp³-hybridized carbons (Fsp3) is 0.194. The molecule has 1 aliphatic rings. The molecule has 0 radical (unpaired) electrons. The Morgan fingerprint density at radius 1 is 1.10 bits per heavy atom. The van der Waals surface area contributed by atoms with E-state index >= 15 is 0 Å². The van der Waals surface area contributed by atoms with Gasteiger partial charge in [-0.25, -0.2) is 14.8 Å². The number of aryl methyl sites for hydroxylation is 1. The van der Waals surface area contributed by atoms with Gasteiger partial charge in [0, 0.05) is 23.4 Å². The van der Waals surface area contributed by atoms with Crippen LogP contribution < -0.4 is 25.2 Å². The maximum absolute atomic E-state index is 14.3. The third-order valence-corrected chi connectivity index (χ3v) is 9.41. The first-order valence-corrected chi connectivity index (χ1v) is 17.2. The Hall–Kier alpha value is -5.60. The minimum atomic E-state index is -0.896. The fourth-order valence-corrected chi connectivity index (χ4v) is 7.39. The lowest BCUT2D eigenvalue weighted by atomic mass is 9.93. The first kappa shape index (κ1) is 34.3. The Bertz CT molecular complexity index is 2380. The van der Waals surface area contributed by atoms with Crippen molar-refractivity contribution in [1.82, 2.24) is 14.5 Å². The van der Waals surface area contributed by atoms with Gasteiger partial charge in [-0.1, -0.05) is 59.9 Å². The molecule has 5 aromatic rings. The van der Waals surface area contributed by atoms with E-state index < -0.39 is 22.5 Å². The van der Waals surface area contributed by atoms with Gasteiger partial charge >= 0.3 is 5.97 Å². The van der Waals surface area contributed by atoms with E-state index in [1.54, 1.807) is 44.2 Å². The predicted octanol–water partition coefficient (Wildman–Crippen LogP) is 5.17. The minimum Gasteiger partial charge on any atom is -0.491 e. The molecule has 1 atom stereocenters. The first-order chi connectivity index (χ1) is 24.0. The number of nitro benzene ring substituents is 1. The van der Waals surface area contributed by atoms with Gasteiger partial charge in [0.05, 0.1) is 44.4 Å². The van der Waals surface area contributed by atoms with Crippen molar-refractivity contribution in [2.24, 2.45) is 4.99 Å². The highest BCUT2D eigenvalue weighted by Crippen LogP contribution is 2.36. The molecule has 6 rings (SSSR count). The van der Waals surface area contributed by atoms with Crippen LogP contribution in [0.2, 0.25) is 0 Å². The summed E-state index contributed by atoms with van der Waals surface area (Å²) in [5, 5.41) is 12.4. The van der Waals surface area contributed by atoms with Gasteiger partial charge < -0.3 is 14.5 Å². The molecule has 0 bridgehead atoms. The van der Waals surface area contributed by atoms with Crippen LogP contribution >= 0.6 is 23.1 Å². The van der Waals surface area contributed by atoms with Crippen LogP contribution in [-0.2, 0) is 9.53 Å². The van der Waals surface area contributed by atoms with Crippen molar-refractivity contribution in [3.8, 4) is 5.75 Å². The third-order valence-electron chi connectivity index (χ3n) is 7.47. The third kappa shape index (κ3) is 7.21. The van der Waals surface area contributed by atoms with Gasteiger partial charge in [-0.05, 0) is 74.9 Å². The van der Waals surface area contributed by atoms with Crippen LogP contribution in [0.4, 0.5) is 5.69 Å². The minimum absolute atomic E-state index is 0.0510. The van der Waals surface area contributed by atoms with Crippen molar-refractivity contribution in [2.75, 3.05) is 6.61 Å². The average Bonchev–Trinajstić information content (AvgIpc) is 3.38. The molecule has 12 nitrogen and oxygen atoms in total. The Kier molecular flexibility index (Phi) is 9.93. The van der Waals surface area contributed by atoms with E-state index in [0.717, 1.165) is 23.1 Å². The average molecular weight is 710 g/mol. The van der Waals surface area contributed by atoms with Crippen LogP contribution in [0.15, 0.2) is 109 Å². The van der Waals surface area contributed by atoms with Gasteiger partial charge in [0.2, 0.25) is 0 Å². The van der Waals surface area contributed by atoms with E-state index in [-0.39, 0.29) is 44.1 Å². The normalized spacial score (nSPS) is 14.3. The molecule has 0 amide bonds. The Balaban J connectivity index is 1.52. The Morgan fingerprint density at radius 2 is 1.84 bits per heavy atom. The highest BCUT2D eigenvalue weighted by molar-refractivity contribution is 7.99. The number of nitro groups is 1. The number of rotatable bonds is 10. The summed E-state index contributed by atoms with van der Waals surface area (Å²) in [5.41, 5.74) is 1.75. The van der Waals surface area contributed by atoms with Crippen LogP contribution in [0.1, 0.15) is 49.2 Å². The second kappa shape index (κ2) is 14.5. The molecule has 1 N–H and O–H groups in total. The summed E-state index contributed by atoms with van der Waals surface area (Å²) in [7, 11) is 0. The zero-order valence-corrected chi connectivity index (χ0v) is 29.0. The summed E-state index contributed by atoms with van der Waals surface area (Å²) in [6, 6.07) is 21.4. The molecule has 254 valence electrons. The van der Waals surface area contributed by atoms with Crippen molar-refractivity contribution >= 4 is 46.5 Å². The fourth-order valence-electron chi connectivity index (χ4n) is 5.47. The van der Waals surface area contributed by atoms with E-state index in [1.165, 1.54) is 16.7 Å². The molecular weight excluding hydrogens is 679 g/mol. The molecule has 3 heterocycles. The van der Waals surface area contributed by atoms with Gasteiger partial charge in [-0.3, -0.25) is 24.3 Å². The topological polar surface area (TPSA) is 159 Å². The lowest BCUT2D eigenvalue weighted by molar-refractivity contribution is -0.387. The van der Waals surface area contributed by atoms with E-state index in [1.807, 2.05) is 56.3 Å². The van der Waals surface area contributed by atoms with Crippen molar-refractivity contribution in [3.63, 3.8) is 0 Å². The van der Waals surface area contributed by atoms with E-state index in [0.29, 0.717) is 38.6 Å².